The third-order valence-electron chi connectivity index (χ3n) is 3.43. The first-order chi connectivity index (χ1) is 9.27. The summed E-state index contributed by atoms with van der Waals surface area (Å²) >= 11 is 0. The Morgan fingerprint density at radius 2 is 1.65 bits per heavy atom. The van der Waals surface area contributed by atoms with E-state index in [1.165, 1.54) is 6.07 Å². The molecule has 1 fully saturated rings. The molecule has 4 nitrogen and oxygen atoms in total. The molecule has 1 aliphatic heterocycles. The zero-order valence-corrected chi connectivity index (χ0v) is 11.1. The molecule has 110 valence electrons. The van der Waals surface area contributed by atoms with Crippen LogP contribution in [0.3, 0.4) is 0 Å². The molecule has 1 heterocycles. The van der Waals surface area contributed by atoms with Crippen molar-refractivity contribution in [2.45, 2.75) is 6.18 Å². The lowest BCUT2D eigenvalue weighted by atomic mass is 9.79. The minimum atomic E-state index is -4.51. The van der Waals surface area contributed by atoms with Gasteiger partial charge < -0.3 is 19.8 Å². The highest BCUT2D eigenvalue weighted by Crippen LogP contribution is 2.31. The number of piperazine rings is 1. The summed E-state index contributed by atoms with van der Waals surface area (Å²) in [5, 5.41) is 18.3. The van der Waals surface area contributed by atoms with Crippen molar-refractivity contribution in [3.8, 4) is 0 Å². The fraction of sp³-hybridized carbons (Fsp3) is 0.500. The van der Waals surface area contributed by atoms with Crippen molar-refractivity contribution < 1.29 is 23.2 Å². The predicted molar refractivity (Wildman–Crippen MR) is 71.0 cm³/mol. The van der Waals surface area contributed by atoms with Crippen LogP contribution in [0, 0.1) is 0 Å². The van der Waals surface area contributed by atoms with Gasteiger partial charge in [0.2, 0.25) is 0 Å². The lowest BCUT2D eigenvalue weighted by Gasteiger charge is -2.34. The Kier molecular flexibility index (Phi) is 4.26. The summed E-state index contributed by atoms with van der Waals surface area (Å²) in [4.78, 5) is 3.91. The van der Waals surface area contributed by atoms with Crippen LogP contribution in [-0.2, 0) is 6.18 Å². The van der Waals surface area contributed by atoms with Gasteiger partial charge in [-0.2, -0.15) is 13.2 Å². The molecule has 0 aromatic heterocycles. The quantitative estimate of drug-likeness (QED) is 0.760. The molecule has 1 aromatic carbocycles. The Hall–Kier alpha value is -1.25. The Bertz CT molecular complexity index is 474. The summed E-state index contributed by atoms with van der Waals surface area (Å²) in [6.45, 7) is 2.73. The van der Waals surface area contributed by atoms with Gasteiger partial charge in [-0.05, 0) is 24.6 Å². The Balaban J connectivity index is 2.34. The van der Waals surface area contributed by atoms with E-state index in [0.29, 0.717) is 18.8 Å². The Morgan fingerprint density at radius 3 is 2.15 bits per heavy atom. The molecule has 8 heteroatoms. The van der Waals surface area contributed by atoms with E-state index in [2.05, 4.69) is 4.90 Å². The standard InChI is InChI=1S/C12H16BF3N2O2/c1-17-2-4-18(5-3-17)11-7-9(12(14,15)16)6-10(8-11)13(19)20/h6-8,19-20H,2-5H2,1H3. The van der Waals surface area contributed by atoms with Crippen LogP contribution in [0.1, 0.15) is 5.56 Å². The van der Waals surface area contributed by atoms with Crippen molar-refractivity contribution in [3.63, 3.8) is 0 Å². The van der Waals surface area contributed by atoms with Crippen molar-refractivity contribution in [3.05, 3.63) is 23.8 Å². The number of likely N-dealkylation sites (N-methyl/N-ethyl adjacent to an activating group) is 1. The van der Waals surface area contributed by atoms with Crippen molar-refractivity contribution in [1.82, 2.24) is 4.90 Å². The smallest absolute Gasteiger partial charge is 0.423 e. The van der Waals surface area contributed by atoms with Crippen LogP contribution in [0.4, 0.5) is 18.9 Å². The van der Waals surface area contributed by atoms with E-state index in [1.54, 1.807) is 0 Å². The van der Waals surface area contributed by atoms with Crippen molar-refractivity contribution in [1.29, 1.82) is 0 Å². The summed E-state index contributed by atoms with van der Waals surface area (Å²) in [6.07, 6.45) is -4.51. The van der Waals surface area contributed by atoms with Gasteiger partial charge in [0.05, 0.1) is 5.56 Å². The molecule has 0 atom stereocenters. The predicted octanol–water partition coefficient (Wildman–Crippen LogP) is 0.137. The first kappa shape index (κ1) is 15.1. The van der Waals surface area contributed by atoms with E-state index in [9.17, 15) is 13.2 Å². The Labute approximate surface area is 115 Å². The monoisotopic (exact) mass is 288 g/mol. The lowest BCUT2D eigenvalue weighted by molar-refractivity contribution is -0.137. The number of alkyl halides is 3. The molecule has 1 saturated heterocycles. The largest absolute Gasteiger partial charge is 0.488 e. The second-order valence-corrected chi connectivity index (χ2v) is 4.97. The van der Waals surface area contributed by atoms with Crippen LogP contribution >= 0.6 is 0 Å². The highest BCUT2D eigenvalue weighted by Gasteiger charge is 2.33. The second kappa shape index (κ2) is 5.63. The molecular weight excluding hydrogens is 272 g/mol. The summed E-state index contributed by atoms with van der Waals surface area (Å²) in [7, 11) is 0.0374. The first-order valence-electron chi connectivity index (χ1n) is 6.29. The number of halogens is 3. The number of hydrogen-bond acceptors (Lipinski definition) is 4. The van der Waals surface area contributed by atoms with Crippen LogP contribution in [0.2, 0.25) is 0 Å². The number of benzene rings is 1. The average molecular weight is 288 g/mol. The van der Waals surface area contributed by atoms with Gasteiger partial charge in [-0.25, -0.2) is 0 Å². The SMILES string of the molecule is CN1CCN(c2cc(B(O)O)cc(C(F)(F)F)c2)CC1. The molecule has 1 aliphatic rings. The molecular formula is C12H16BF3N2O2. The fourth-order valence-corrected chi connectivity index (χ4v) is 2.19. The van der Waals surface area contributed by atoms with Crippen LogP contribution in [-0.4, -0.2) is 55.3 Å². The summed E-state index contributed by atoms with van der Waals surface area (Å²) < 4.78 is 38.6. The topological polar surface area (TPSA) is 46.9 Å². The van der Waals surface area contributed by atoms with E-state index in [1.807, 2.05) is 11.9 Å². The van der Waals surface area contributed by atoms with Crippen molar-refractivity contribution >= 4 is 18.3 Å². The third kappa shape index (κ3) is 3.44. The molecule has 0 unspecified atom stereocenters. The van der Waals surface area contributed by atoms with Gasteiger partial charge in [0.15, 0.2) is 0 Å². The van der Waals surface area contributed by atoms with E-state index >= 15 is 0 Å². The molecule has 0 aliphatic carbocycles. The van der Waals surface area contributed by atoms with Gasteiger partial charge in [0.1, 0.15) is 0 Å². The minimum Gasteiger partial charge on any atom is -0.423 e. The maximum Gasteiger partial charge on any atom is 0.488 e. The summed E-state index contributed by atoms with van der Waals surface area (Å²) in [5.74, 6) is 0. The molecule has 0 spiro atoms. The number of nitrogens with zero attached hydrogens (tertiary/aromatic N) is 2. The highest BCUT2D eigenvalue weighted by molar-refractivity contribution is 6.58. The maximum absolute atomic E-state index is 12.9. The van der Waals surface area contributed by atoms with Crippen molar-refractivity contribution in [2.75, 3.05) is 38.1 Å². The molecule has 0 radical (unpaired) electrons. The van der Waals surface area contributed by atoms with Crippen LogP contribution in [0.15, 0.2) is 18.2 Å². The number of rotatable bonds is 2. The molecule has 2 rings (SSSR count). The normalized spacial score (nSPS) is 17.4. The highest BCUT2D eigenvalue weighted by atomic mass is 19.4. The van der Waals surface area contributed by atoms with Crippen LogP contribution in [0.25, 0.3) is 0 Å². The van der Waals surface area contributed by atoms with Gasteiger partial charge in [0.25, 0.3) is 0 Å². The Morgan fingerprint density at radius 1 is 1.05 bits per heavy atom. The van der Waals surface area contributed by atoms with E-state index in [0.717, 1.165) is 25.2 Å². The number of hydrogen-bond donors (Lipinski definition) is 2. The van der Waals surface area contributed by atoms with E-state index in [4.69, 9.17) is 10.0 Å². The summed E-state index contributed by atoms with van der Waals surface area (Å²) in [6, 6.07) is 3.21. The van der Waals surface area contributed by atoms with Crippen molar-refractivity contribution in [2.24, 2.45) is 0 Å². The first-order valence-corrected chi connectivity index (χ1v) is 6.29. The zero-order chi connectivity index (χ0) is 14.9. The van der Waals surface area contributed by atoms with Gasteiger partial charge in [-0.3, -0.25) is 0 Å². The van der Waals surface area contributed by atoms with E-state index < -0.39 is 18.9 Å². The molecule has 20 heavy (non-hydrogen) atoms. The van der Waals surface area contributed by atoms with Crippen LogP contribution < -0.4 is 10.4 Å². The lowest BCUT2D eigenvalue weighted by Crippen LogP contribution is -2.45. The van der Waals surface area contributed by atoms with E-state index in [-0.39, 0.29) is 5.46 Å². The molecule has 0 amide bonds. The van der Waals surface area contributed by atoms with Gasteiger partial charge in [0, 0.05) is 31.9 Å². The molecule has 2 N–H and O–H groups in total. The van der Waals surface area contributed by atoms with Gasteiger partial charge in [-0.15, -0.1) is 0 Å². The second-order valence-electron chi connectivity index (χ2n) is 4.97. The maximum atomic E-state index is 12.9. The summed E-state index contributed by atoms with van der Waals surface area (Å²) in [5.41, 5.74) is -0.637. The fourth-order valence-electron chi connectivity index (χ4n) is 2.19. The van der Waals surface area contributed by atoms with Gasteiger partial charge in [-0.1, -0.05) is 6.07 Å². The number of anilines is 1. The minimum absolute atomic E-state index is 0.145. The zero-order valence-electron chi connectivity index (χ0n) is 11.1. The molecule has 0 saturated carbocycles. The average Bonchev–Trinajstić information content (AvgIpc) is 2.38. The van der Waals surface area contributed by atoms with Crippen LogP contribution in [0.5, 0.6) is 0 Å². The third-order valence-corrected chi connectivity index (χ3v) is 3.43. The molecule has 0 bridgehead atoms. The van der Waals surface area contributed by atoms with Gasteiger partial charge >= 0.3 is 13.3 Å². The molecule has 1 aromatic rings.